The van der Waals surface area contributed by atoms with Gasteiger partial charge >= 0.3 is 0 Å². The van der Waals surface area contributed by atoms with Crippen LogP contribution in [0, 0.1) is 0 Å². The average Bonchev–Trinajstić information content (AvgIpc) is 2.37. The lowest BCUT2D eigenvalue weighted by atomic mass is 10.3. The molecule has 0 saturated carbocycles. The maximum atomic E-state index is 5.89. The van der Waals surface area contributed by atoms with E-state index in [1.165, 1.54) is 0 Å². The maximum Gasteiger partial charge on any atom is 0.188 e. The van der Waals surface area contributed by atoms with Crippen LogP contribution in [0.15, 0.2) is 29.3 Å². The largest absolute Gasteiger partial charge is 0.489 e. The molecule has 1 atom stereocenters. The molecule has 5 heteroatoms. The van der Waals surface area contributed by atoms with Crippen LogP contribution in [0.4, 0.5) is 0 Å². The van der Waals surface area contributed by atoms with E-state index in [1.807, 2.05) is 25.1 Å². The molecule has 1 rings (SSSR count). The molecule has 1 aromatic carbocycles. The van der Waals surface area contributed by atoms with Crippen LogP contribution in [0.5, 0.6) is 5.75 Å². The van der Waals surface area contributed by atoms with Gasteiger partial charge in [-0.05, 0) is 31.5 Å². The van der Waals surface area contributed by atoms with Gasteiger partial charge in [-0.3, -0.25) is 0 Å². The van der Waals surface area contributed by atoms with Crippen molar-refractivity contribution < 1.29 is 4.74 Å². The first-order chi connectivity index (χ1) is 9.11. The molecule has 0 amide bonds. The third-order valence-corrected chi connectivity index (χ3v) is 2.72. The van der Waals surface area contributed by atoms with Crippen LogP contribution in [0.2, 0.25) is 5.02 Å². The van der Waals surface area contributed by atoms with Crippen LogP contribution >= 0.6 is 11.6 Å². The molecule has 0 fully saturated rings. The monoisotopic (exact) mass is 283 g/mol. The third-order valence-electron chi connectivity index (χ3n) is 2.49. The van der Waals surface area contributed by atoms with Gasteiger partial charge in [0, 0.05) is 11.6 Å². The number of halogens is 1. The molecule has 3 N–H and O–H groups in total. The Morgan fingerprint density at radius 3 is 3.00 bits per heavy atom. The molecule has 19 heavy (non-hydrogen) atoms. The summed E-state index contributed by atoms with van der Waals surface area (Å²) in [5.41, 5.74) is 5.74. The predicted molar refractivity (Wildman–Crippen MR) is 80.9 cm³/mol. The van der Waals surface area contributed by atoms with Crippen molar-refractivity contribution >= 4 is 17.6 Å². The van der Waals surface area contributed by atoms with Crippen molar-refractivity contribution in [2.24, 2.45) is 10.7 Å². The normalized spacial score (nSPS) is 13.1. The fraction of sp³-hybridized carbons (Fsp3) is 0.500. The molecule has 0 spiro atoms. The Morgan fingerprint density at radius 2 is 2.32 bits per heavy atom. The van der Waals surface area contributed by atoms with Crippen molar-refractivity contribution in [2.75, 3.05) is 13.1 Å². The van der Waals surface area contributed by atoms with Gasteiger partial charge in [-0.25, -0.2) is 4.99 Å². The van der Waals surface area contributed by atoms with E-state index in [4.69, 9.17) is 22.1 Å². The van der Waals surface area contributed by atoms with Gasteiger partial charge in [0.1, 0.15) is 11.9 Å². The van der Waals surface area contributed by atoms with E-state index in [0.29, 0.717) is 17.5 Å². The molecule has 1 aromatic rings. The molecule has 0 aliphatic carbocycles. The smallest absolute Gasteiger partial charge is 0.188 e. The highest BCUT2D eigenvalue weighted by Crippen LogP contribution is 2.18. The number of benzene rings is 1. The second-order valence-corrected chi connectivity index (χ2v) is 4.83. The van der Waals surface area contributed by atoms with Crippen molar-refractivity contribution in [2.45, 2.75) is 32.8 Å². The second kappa shape index (κ2) is 8.64. The summed E-state index contributed by atoms with van der Waals surface area (Å²) < 4.78 is 5.70. The minimum atomic E-state index is -0.0509. The summed E-state index contributed by atoms with van der Waals surface area (Å²) in [4.78, 5) is 4.24. The number of hydrogen-bond donors (Lipinski definition) is 2. The molecule has 0 aliphatic heterocycles. The quantitative estimate of drug-likeness (QED) is 0.460. The fourth-order valence-corrected chi connectivity index (χ4v) is 1.67. The first kappa shape index (κ1) is 15.6. The number of nitrogens with one attached hydrogen (secondary N) is 1. The van der Waals surface area contributed by atoms with Crippen LogP contribution in [0.25, 0.3) is 0 Å². The maximum absolute atomic E-state index is 5.89. The Kier molecular flexibility index (Phi) is 7.11. The zero-order chi connectivity index (χ0) is 14.1. The predicted octanol–water partition coefficient (Wildman–Crippen LogP) is 2.81. The van der Waals surface area contributed by atoms with Crippen LogP contribution in [-0.2, 0) is 0 Å². The van der Waals surface area contributed by atoms with Crippen molar-refractivity contribution in [1.82, 2.24) is 5.32 Å². The highest BCUT2D eigenvalue weighted by atomic mass is 35.5. The topological polar surface area (TPSA) is 59.6 Å². The van der Waals surface area contributed by atoms with E-state index in [9.17, 15) is 0 Å². The van der Waals surface area contributed by atoms with Crippen LogP contribution < -0.4 is 15.8 Å². The Hall–Kier alpha value is -1.42. The van der Waals surface area contributed by atoms with Crippen molar-refractivity contribution in [3.05, 3.63) is 29.3 Å². The zero-order valence-corrected chi connectivity index (χ0v) is 12.3. The minimum absolute atomic E-state index is 0.0509. The van der Waals surface area contributed by atoms with Crippen LogP contribution in [-0.4, -0.2) is 25.2 Å². The molecule has 4 nitrogen and oxygen atoms in total. The second-order valence-electron chi connectivity index (χ2n) is 4.39. The Balaban J connectivity index is 2.34. The summed E-state index contributed by atoms with van der Waals surface area (Å²) in [6.07, 6.45) is 2.17. The van der Waals surface area contributed by atoms with Gasteiger partial charge in [-0.15, -0.1) is 0 Å². The fourth-order valence-electron chi connectivity index (χ4n) is 1.49. The Morgan fingerprint density at radius 1 is 1.53 bits per heavy atom. The van der Waals surface area contributed by atoms with Gasteiger partial charge in [0.05, 0.1) is 6.54 Å². The molecule has 0 bridgehead atoms. The summed E-state index contributed by atoms with van der Waals surface area (Å²) >= 11 is 5.89. The van der Waals surface area contributed by atoms with E-state index in [1.54, 1.807) is 6.07 Å². The SMILES string of the molecule is CCCCNC(N)=NCC(C)Oc1cccc(Cl)c1. The van der Waals surface area contributed by atoms with E-state index in [0.717, 1.165) is 25.1 Å². The van der Waals surface area contributed by atoms with Crippen molar-refractivity contribution in [3.63, 3.8) is 0 Å². The van der Waals surface area contributed by atoms with Gasteiger partial charge in [0.25, 0.3) is 0 Å². The van der Waals surface area contributed by atoms with Crippen molar-refractivity contribution in [3.8, 4) is 5.75 Å². The summed E-state index contributed by atoms with van der Waals surface area (Å²) in [6.45, 7) is 5.45. The summed E-state index contributed by atoms with van der Waals surface area (Å²) in [6, 6.07) is 7.32. The van der Waals surface area contributed by atoms with Gasteiger partial charge in [-0.2, -0.15) is 0 Å². The molecule has 0 aromatic heterocycles. The Labute approximate surface area is 120 Å². The molecular weight excluding hydrogens is 262 g/mol. The number of aliphatic imine (C=N–C) groups is 1. The molecule has 0 heterocycles. The summed E-state index contributed by atoms with van der Waals surface area (Å²) in [5, 5.41) is 3.72. The van der Waals surface area contributed by atoms with Gasteiger partial charge in [0.15, 0.2) is 5.96 Å². The molecular formula is C14H22ClN3O. The minimum Gasteiger partial charge on any atom is -0.489 e. The molecule has 0 radical (unpaired) electrons. The van der Waals surface area contributed by atoms with E-state index < -0.39 is 0 Å². The van der Waals surface area contributed by atoms with Crippen molar-refractivity contribution in [1.29, 1.82) is 0 Å². The number of guanidine groups is 1. The number of nitrogens with zero attached hydrogens (tertiary/aromatic N) is 1. The first-order valence-corrected chi connectivity index (χ1v) is 6.95. The molecule has 1 unspecified atom stereocenters. The summed E-state index contributed by atoms with van der Waals surface area (Å²) in [5.74, 6) is 1.21. The first-order valence-electron chi connectivity index (χ1n) is 6.57. The van der Waals surface area contributed by atoms with Gasteiger partial charge < -0.3 is 15.8 Å². The zero-order valence-electron chi connectivity index (χ0n) is 11.5. The lowest BCUT2D eigenvalue weighted by molar-refractivity contribution is 0.230. The lowest BCUT2D eigenvalue weighted by Gasteiger charge is -2.13. The number of rotatable bonds is 7. The number of ether oxygens (including phenoxy) is 1. The highest BCUT2D eigenvalue weighted by molar-refractivity contribution is 6.30. The van der Waals surface area contributed by atoms with Gasteiger partial charge in [0.2, 0.25) is 0 Å². The van der Waals surface area contributed by atoms with Crippen LogP contribution in [0.3, 0.4) is 0 Å². The summed E-state index contributed by atoms with van der Waals surface area (Å²) in [7, 11) is 0. The molecule has 0 aliphatic rings. The lowest BCUT2D eigenvalue weighted by Crippen LogP contribution is -2.33. The van der Waals surface area contributed by atoms with E-state index in [2.05, 4.69) is 17.2 Å². The standard InChI is InChI=1S/C14H22ClN3O/c1-3-4-8-17-14(16)18-10-11(2)19-13-7-5-6-12(15)9-13/h5-7,9,11H,3-4,8,10H2,1-2H3,(H3,16,17,18). The molecule has 106 valence electrons. The van der Waals surface area contributed by atoms with E-state index >= 15 is 0 Å². The molecule has 0 saturated heterocycles. The highest BCUT2D eigenvalue weighted by Gasteiger charge is 2.04. The third kappa shape index (κ3) is 6.91. The van der Waals surface area contributed by atoms with Gasteiger partial charge in [-0.1, -0.05) is 31.0 Å². The Bertz CT molecular complexity index is 409. The number of hydrogen-bond acceptors (Lipinski definition) is 2. The number of nitrogens with two attached hydrogens (primary N) is 1. The van der Waals surface area contributed by atoms with Crippen LogP contribution in [0.1, 0.15) is 26.7 Å². The van der Waals surface area contributed by atoms with E-state index in [-0.39, 0.29) is 6.10 Å². The average molecular weight is 284 g/mol. The number of unbranched alkanes of at least 4 members (excludes halogenated alkanes) is 1.